The molecule has 1 heterocycles. The average Bonchev–Trinajstić information content (AvgIpc) is 2.40. The van der Waals surface area contributed by atoms with Crippen LogP contribution < -0.4 is 16.0 Å². The quantitative estimate of drug-likeness (QED) is 0.743. The van der Waals surface area contributed by atoms with E-state index >= 15 is 0 Å². The van der Waals surface area contributed by atoms with Crippen LogP contribution in [0.15, 0.2) is 22.7 Å². The van der Waals surface area contributed by atoms with E-state index in [9.17, 15) is 22.8 Å². The van der Waals surface area contributed by atoms with Crippen molar-refractivity contribution in [2.24, 2.45) is 0 Å². The predicted octanol–water partition coefficient (Wildman–Crippen LogP) is 1.49. The lowest BCUT2D eigenvalue weighted by Gasteiger charge is -2.23. The van der Waals surface area contributed by atoms with Crippen LogP contribution in [0.2, 0.25) is 0 Å². The van der Waals surface area contributed by atoms with Crippen molar-refractivity contribution in [1.29, 1.82) is 0 Å². The normalized spacial score (nSPS) is 19.0. The molecular weight excluding hydrogens is 355 g/mol. The lowest BCUT2D eigenvalue weighted by atomic mass is 10.1. The standard InChI is InChI=1S/C12H11BrF3N3O2/c13-8-2-1-6(3-7(8)12(14,15)16)19-11(21)9-4-18-10(20)5-17-9/h1-3,9,17H,4-5H2,(H,18,20)(H,19,21). The monoisotopic (exact) mass is 365 g/mol. The summed E-state index contributed by atoms with van der Waals surface area (Å²) in [6, 6.07) is 2.75. The second kappa shape index (κ2) is 6.02. The number of anilines is 1. The van der Waals surface area contributed by atoms with E-state index in [4.69, 9.17) is 0 Å². The summed E-state index contributed by atoms with van der Waals surface area (Å²) in [6.07, 6.45) is -4.52. The molecule has 21 heavy (non-hydrogen) atoms. The Kier molecular flexibility index (Phi) is 4.52. The summed E-state index contributed by atoms with van der Waals surface area (Å²) in [4.78, 5) is 22.8. The molecule has 0 bridgehead atoms. The number of amides is 2. The van der Waals surface area contributed by atoms with Crippen LogP contribution in [0.4, 0.5) is 18.9 Å². The summed E-state index contributed by atoms with van der Waals surface area (Å²) in [5.74, 6) is -0.743. The molecule has 0 aliphatic carbocycles. The molecule has 1 aliphatic rings. The maximum Gasteiger partial charge on any atom is 0.417 e. The number of hydrogen-bond donors (Lipinski definition) is 3. The van der Waals surface area contributed by atoms with E-state index in [0.29, 0.717) is 0 Å². The van der Waals surface area contributed by atoms with Crippen molar-refractivity contribution in [2.45, 2.75) is 12.2 Å². The van der Waals surface area contributed by atoms with Crippen LogP contribution >= 0.6 is 15.9 Å². The molecule has 2 amide bonds. The SMILES string of the molecule is O=C1CNC(C(=O)Nc2ccc(Br)c(C(F)(F)F)c2)CN1. The highest BCUT2D eigenvalue weighted by molar-refractivity contribution is 9.10. The minimum atomic E-state index is -4.52. The van der Waals surface area contributed by atoms with Crippen molar-refractivity contribution in [2.75, 3.05) is 18.4 Å². The highest BCUT2D eigenvalue weighted by Crippen LogP contribution is 2.36. The lowest BCUT2D eigenvalue weighted by Crippen LogP contribution is -2.56. The third-order valence-electron chi connectivity index (χ3n) is 2.87. The molecule has 0 aromatic heterocycles. The molecule has 3 N–H and O–H groups in total. The molecule has 0 saturated carbocycles. The number of carbonyl (C=O) groups excluding carboxylic acids is 2. The second-order valence-electron chi connectivity index (χ2n) is 4.42. The maximum atomic E-state index is 12.8. The van der Waals surface area contributed by atoms with Crippen LogP contribution in [0.1, 0.15) is 5.56 Å². The Labute approximate surface area is 126 Å². The number of nitrogens with one attached hydrogen (secondary N) is 3. The van der Waals surface area contributed by atoms with Gasteiger partial charge in [-0.3, -0.25) is 14.9 Å². The van der Waals surface area contributed by atoms with Gasteiger partial charge in [0.25, 0.3) is 0 Å². The van der Waals surface area contributed by atoms with Crippen LogP contribution in [-0.2, 0) is 15.8 Å². The van der Waals surface area contributed by atoms with Crippen molar-refractivity contribution in [3.8, 4) is 0 Å². The molecule has 1 aliphatic heterocycles. The van der Waals surface area contributed by atoms with Gasteiger partial charge in [-0.15, -0.1) is 0 Å². The summed E-state index contributed by atoms with van der Waals surface area (Å²) < 4.78 is 38.2. The van der Waals surface area contributed by atoms with E-state index < -0.39 is 23.7 Å². The number of hydrogen-bond acceptors (Lipinski definition) is 3. The zero-order valence-corrected chi connectivity index (χ0v) is 12.1. The summed E-state index contributed by atoms with van der Waals surface area (Å²) in [5, 5.41) is 7.58. The first-order valence-corrected chi connectivity index (χ1v) is 6.74. The molecule has 1 fully saturated rings. The van der Waals surface area contributed by atoms with Crippen molar-refractivity contribution < 1.29 is 22.8 Å². The van der Waals surface area contributed by atoms with E-state index in [1.807, 2.05) is 0 Å². The molecule has 1 atom stereocenters. The first-order chi connectivity index (χ1) is 9.77. The average molecular weight is 366 g/mol. The summed E-state index contributed by atoms with van der Waals surface area (Å²) in [7, 11) is 0. The fourth-order valence-electron chi connectivity index (χ4n) is 1.80. The minimum Gasteiger partial charge on any atom is -0.353 e. The zero-order chi connectivity index (χ0) is 15.6. The van der Waals surface area contributed by atoms with Crippen LogP contribution in [0.5, 0.6) is 0 Å². The third-order valence-corrected chi connectivity index (χ3v) is 3.56. The van der Waals surface area contributed by atoms with E-state index in [-0.39, 0.29) is 29.2 Å². The molecule has 1 aromatic carbocycles. The van der Waals surface area contributed by atoms with Gasteiger partial charge in [0.15, 0.2) is 0 Å². The molecule has 0 radical (unpaired) electrons. The first kappa shape index (κ1) is 15.8. The van der Waals surface area contributed by atoms with Crippen LogP contribution in [0.3, 0.4) is 0 Å². The molecule has 1 aromatic rings. The first-order valence-electron chi connectivity index (χ1n) is 5.95. The maximum absolute atomic E-state index is 12.8. The highest BCUT2D eigenvalue weighted by atomic mass is 79.9. The Hall–Kier alpha value is -1.61. The topological polar surface area (TPSA) is 70.2 Å². The Morgan fingerprint density at radius 3 is 2.67 bits per heavy atom. The summed E-state index contributed by atoms with van der Waals surface area (Å²) in [5.41, 5.74) is -0.834. The summed E-state index contributed by atoms with van der Waals surface area (Å²) >= 11 is 2.82. The van der Waals surface area contributed by atoms with Gasteiger partial charge in [-0.25, -0.2) is 0 Å². The Morgan fingerprint density at radius 1 is 1.38 bits per heavy atom. The van der Waals surface area contributed by atoms with E-state index in [1.54, 1.807) is 0 Å². The number of rotatable bonds is 2. The number of halogens is 4. The number of alkyl halides is 3. The van der Waals surface area contributed by atoms with E-state index in [0.717, 1.165) is 6.07 Å². The Bertz CT molecular complexity index is 567. The van der Waals surface area contributed by atoms with E-state index in [2.05, 4.69) is 31.9 Å². The van der Waals surface area contributed by atoms with Crippen LogP contribution in [-0.4, -0.2) is 30.9 Å². The molecule has 5 nitrogen and oxygen atoms in total. The van der Waals surface area contributed by atoms with Crippen LogP contribution in [0.25, 0.3) is 0 Å². The second-order valence-corrected chi connectivity index (χ2v) is 5.27. The molecule has 0 spiro atoms. The number of benzene rings is 1. The predicted molar refractivity (Wildman–Crippen MR) is 72.6 cm³/mol. The van der Waals surface area contributed by atoms with Crippen molar-refractivity contribution in [3.63, 3.8) is 0 Å². The Morgan fingerprint density at radius 2 is 2.10 bits per heavy atom. The zero-order valence-electron chi connectivity index (χ0n) is 10.6. The third kappa shape index (κ3) is 3.94. The van der Waals surface area contributed by atoms with Gasteiger partial charge in [-0.2, -0.15) is 13.2 Å². The smallest absolute Gasteiger partial charge is 0.353 e. The minimum absolute atomic E-state index is 0.00771. The highest BCUT2D eigenvalue weighted by Gasteiger charge is 2.33. The van der Waals surface area contributed by atoms with Gasteiger partial charge in [0.2, 0.25) is 11.8 Å². The molecule has 2 rings (SSSR count). The van der Waals surface area contributed by atoms with Gasteiger partial charge in [0.1, 0.15) is 6.04 Å². The molecule has 1 saturated heterocycles. The molecule has 1 unspecified atom stereocenters. The van der Waals surface area contributed by atoms with Crippen LogP contribution in [0, 0.1) is 0 Å². The van der Waals surface area contributed by atoms with Gasteiger partial charge < -0.3 is 10.6 Å². The van der Waals surface area contributed by atoms with Crippen molar-refractivity contribution in [3.05, 3.63) is 28.2 Å². The fourth-order valence-corrected chi connectivity index (χ4v) is 2.27. The number of piperazine rings is 1. The Balaban J connectivity index is 2.09. The largest absolute Gasteiger partial charge is 0.417 e. The van der Waals surface area contributed by atoms with Gasteiger partial charge in [0, 0.05) is 16.7 Å². The molecule has 9 heteroatoms. The molecule has 114 valence electrons. The van der Waals surface area contributed by atoms with Crippen molar-refractivity contribution >= 4 is 33.4 Å². The van der Waals surface area contributed by atoms with Gasteiger partial charge in [-0.05, 0) is 18.2 Å². The van der Waals surface area contributed by atoms with Gasteiger partial charge in [-0.1, -0.05) is 15.9 Å². The molecular formula is C12H11BrF3N3O2. The summed E-state index contributed by atoms with van der Waals surface area (Å²) in [6.45, 7) is 0.0829. The van der Waals surface area contributed by atoms with E-state index in [1.165, 1.54) is 12.1 Å². The van der Waals surface area contributed by atoms with Gasteiger partial charge in [0.05, 0.1) is 12.1 Å². The van der Waals surface area contributed by atoms with Gasteiger partial charge >= 0.3 is 6.18 Å². The fraction of sp³-hybridized carbons (Fsp3) is 0.333. The van der Waals surface area contributed by atoms with Crippen molar-refractivity contribution in [1.82, 2.24) is 10.6 Å². The number of carbonyl (C=O) groups is 2. The lowest BCUT2D eigenvalue weighted by molar-refractivity contribution is -0.138.